The summed E-state index contributed by atoms with van der Waals surface area (Å²) in [6, 6.07) is 10.4. The number of nitriles is 1. The van der Waals surface area contributed by atoms with Crippen molar-refractivity contribution in [1.82, 2.24) is 5.32 Å². The number of thiophene rings is 1. The first-order valence-electron chi connectivity index (χ1n) is 9.47. The van der Waals surface area contributed by atoms with Crippen LogP contribution in [0.4, 0.5) is 0 Å². The van der Waals surface area contributed by atoms with Crippen molar-refractivity contribution in [2.45, 2.75) is 38.1 Å². The number of amides is 1. The fourth-order valence-corrected chi connectivity index (χ4v) is 3.83. The molecule has 1 heterocycles. The molecule has 0 aliphatic heterocycles. The SMILES string of the molecule is COc1cc(/C=C(/C#N)C(=O)NC2CCCCC2)ccc1OC(=O)c1cccs1. The minimum atomic E-state index is -0.467. The van der Waals surface area contributed by atoms with Crippen LogP contribution in [0.15, 0.2) is 41.3 Å². The summed E-state index contributed by atoms with van der Waals surface area (Å²) in [6.07, 6.45) is 6.78. The summed E-state index contributed by atoms with van der Waals surface area (Å²) in [5.41, 5.74) is 0.633. The maximum Gasteiger partial charge on any atom is 0.353 e. The molecule has 1 saturated carbocycles. The van der Waals surface area contributed by atoms with Crippen molar-refractivity contribution in [3.8, 4) is 17.6 Å². The first-order chi connectivity index (χ1) is 14.1. The largest absolute Gasteiger partial charge is 0.493 e. The van der Waals surface area contributed by atoms with Gasteiger partial charge in [0, 0.05) is 6.04 Å². The number of ether oxygens (including phenoxy) is 2. The Kier molecular flexibility index (Phi) is 7.04. The smallest absolute Gasteiger partial charge is 0.353 e. The molecule has 0 spiro atoms. The Balaban J connectivity index is 1.74. The second-order valence-electron chi connectivity index (χ2n) is 6.76. The van der Waals surface area contributed by atoms with E-state index >= 15 is 0 Å². The van der Waals surface area contributed by atoms with Gasteiger partial charge in [0.25, 0.3) is 5.91 Å². The van der Waals surface area contributed by atoms with Crippen molar-refractivity contribution in [1.29, 1.82) is 5.26 Å². The van der Waals surface area contributed by atoms with Gasteiger partial charge in [-0.05, 0) is 48.1 Å². The molecule has 1 aliphatic carbocycles. The van der Waals surface area contributed by atoms with E-state index in [1.807, 2.05) is 6.07 Å². The van der Waals surface area contributed by atoms with Crippen LogP contribution in [0.3, 0.4) is 0 Å². The van der Waals surface area contributed by atoms with E-state index in [9.17, 15) is 14.9 Å². The molecule has 150 valence electrons. The van der Waals surface area contributed by atoms with E-state index in [1.54, 1.807) is 35.7 Å². The molecule has 7 heteroatoms. The number of carbonyl (C=O) groups excluding carboxylic acids is 2. The molecular formula is C22H22N2O4S. The molecule has 1 aliphatic rings. The Morgan fingerprint density at radius 2 is 2.00 bits per heavy atom. The van der Waals surface area contributed by atoms with Gasteiger partial charge in [-0.3, -0.25) is 4.79 Å². The maximum absolute atomic E-state index is 12.4. The summed E-state index contributed by atoms with van der Waals surface area (Å²) >= 11 is 1.29. The lowest BCUT2D eigenvalue weighted by atomic mass is 9.95. The number of nitrogens with one attached hydrogen (secondary N) is 1. The van der Waals surface area contributed by atoms with Gasteiger partial charge in [-0.15, -0.1) is 11.3 Å². The van der Waals surface area contributed by atoms with Crippen LogP contribution in [-0.2, 0) is 4.79 Å². The summed E-state index contributed by atoms with van der Waals surface area (Å²) in [6.45, 7) is 0. The van der Waals surface area contributed by atoms with Crippen molar-refractivity contribution in [2.75, 3.05) is 7.11 Å². The van der Waals surface area contributed by atoms with Gasteiger partial charge in [0.1, 0.15) is 16.5 Å². The Hall–Kier alpha value is -3.11. The van der Waals surface area contributed by atoms with Gasteiger partial charge in [-0.2, -0.15) is 5.26 Å². The highest BCUT2D eigenvalue weighted by molar-refractivity contribution is 7.12. The van der Waals surface area contributed by atoms with E-state index in [0.29, 0.717) is 16.2 Å². The molecule has 0 radical (unpaired) electrons. The lowest BCUT2D eigenvalue weighted by Gasteiger charge is -2.22. The minimum absolute atomic E-state index is 0.0287. The van der Waals surface area contributed by atoms with Crippen molar-refractivity contribution in [3.63, 3.8) is 0 Å². The third kappa shape index (κ3) is 5.46. The minimum Gasteiger partial charge on any atom is -0.493 e. The molecule has 29 heavy (non-hydrogen) atoms. The number of methoxy groups -OCH3 is 1. The zero-order valence-electron chi connectivity index (χ0n) is 16.1. The average Bonchev–Trinajstić information content (AvgIpc) is 3.28. The van der Waals surface area contributed by atoms with Crippen molar-refractivity contribution >= 4 is 29.3 Å². The summed E-state index contributed by atoms with van der Waals surface area (Å²) < 4.78 is 10.7. The Labute approximate surface area is 173 Å². The van der Waals surface area contributed by atoms with Crippen molar-refractivity contribution < 1.29 is 19.1 Å². The Bertz CT molecular complexity index is 938. The molecule has 0 unspecified atom stereocenters. The van der Waals surface area contributed by atoms with Crippen LogP contribution in [0.2, 0.25) is 0 Å². The maximum atomic E-state index is 12.4. The fourth-order valence-electron chi connectivity index (χ4n) is 3.23. The van der Waals surface area contributed by atoms with E-state index in [-0.39, 0.29) is 23.3 Å². The van der Waals surface area contributed by atoms with Crippen LogP contribution in [0.25, 0.3) is 6.08 Å². The Morgan fingerprint density at radius 3 is 2.66 bits per heavy atom. The predicted octanol–water partition coefficient (Wildman–Crippen LogP) is 4.33. The second-order valence-corrected chi connectivity index (χ2v) is 7.70. The van der Waals surface area contributed by atoms with Crippen LogP contribution in [0.5, 0.6) is 11.5 Å². The van der Waals surface area contributed by atoms with Gasteiger partial charge in [0.2, 0.25) is 0 Å². The van der Waals surface area contributed by atoms with Gasteiger partial charge in [0.05, 0.1) is 7.11 Å². The topological polar surface area (TPSA) is 88.4 Å². The van der Waals surface area contributed by atoms with Gasteiger partial charge >= 0.3 is 5.97 Å². The first kappa shape index (κ1) is 20.6. The average molecular weight is 410 g/mol. The van der Waals surface area contributed by atoms with E-state index in [0.717, 1.165) is 25.7 Å². The standard InChI is InChI=1S/C22H22N2O4S/c1-27-19-13-15(9-10-18(19)28-22(26)20-8-5-11-29-20)12-16(14-23)21(25)24-17-6-3-2-4-7-17/h5,8-13,17H,2-4,6-7H2,1H3,(H,24,25)/b16-12-. The molecule has 1 aromatic carbocycles. The molecule has 1 N–H and O–H groups in total. The number of hydrogen-bond acceptors (Lipinski definition) is 6. The van der Waals surface area contributed by atoms with Crippen LogP contribution >= 0.6 is 11.3 Å². The molecule has 0 saturated heterocycles. The normalized spacial score (nSPS) is 14.7. The molecular weight excluding hydrogens is 388 g/mol. The molecule has 0 bridgehead atoms. The van der Waals surface area contributed by atoms with Gasteiger partial charge < -0.3 is 14.8 Å². The van der Waals surface area contributed by atoms with E-state index in [1.165, 1.54) is 30.9 Å². The summed E-state index contributed by atoms with van der Waals surface area (Å²) in [5, 5.41) is 14.2. The zero-order chi connectivity index (χ0) is 20.6. The number of nitrogens with zero attached hydrogens (tertiary/aromatic N) is 1. The van der Waals surface area contributed by atoms with Crippen LogP contribution < -0.4 is 14.8 Å². The molecule has 1 aromatic heterocycles. The molecule has 1 fully saturated rings. The number of carbonyl (C=O) groups is 2. The zero-order valence-corrected chi connectivity index (χ0v) is 17.0. The van der Waals surface area contributed by atoms with Gasteiger partial charge in [0.15, 0.2) is 11.5 Å². The third-order valence-corrected chi connectivity index (χ3v) is 5.58. The highest BCUT2D eigenvalue weighted by Gasteiger charge is 2.19. The summed E-state index contributed by atoms with van der Waals surface area (Å²) in [4.78, 5) is 25.1. The van der Waals surface area contributed by atoms with E-state index in [2.05, 4.69) is 5.32 Å². The van der Waals surface area contributed by atoms with Crippen LogP contribution in [-0.4, -0.2) is 25.0 Å². The molecule has 0 atom stereocenters. The van der Waals surface area contributed by atoms with Gasteiger partial charge in [-0.25, -0.2) is 4.79 Å². The quantitative estimate of drug-likeness (QED) is 0.331. The first-order valence-corrected chi connectivity index (χ1v) is 10.3. The molecule has 3 rings (SSSR count). The highest BCUT2D eigenvalue weighted by Crippen LogP contribution is 2.30. The van der Waals surface area contributed by atoms with Gasteiger partial charge in [-0.1, -0.05) is 31.4 Å². The predicted molar refractivity (Wildman–Crippen MR) is 111 cm³/mol. The van der Waals surface area contributed by atoms with Crippen LogP contribution in [0.1, 0.15) is 47.3 Å². The second kappa shape index (κ2) is 9.89. The fraction of sp³-hybridized carbons (Fsp3) is 0.318. The highest BCUT2D eigenvalue weighted by atomic mass is 32.1. The Morgan fingerprint density at radius 1 is 1.21 bits per heavy atom. The number of benzene rings is 1. The lowest BCUT2D eigenvalue weighted by molar-refractivity contribution is -0.117. The number of hydrogen-bond donors (Lipinski definition) is 1. The van der Waals surface area contributed by atoms with E-state index in [4.69, 9.17) is 9.47 Å². The number of esters is 1. The van der Waals surface area contributed by atoms with Crippen molar-refractivity contribution in [3.05, 3.63) is 51.7 Å². The van der Waals surface area contributed by atoms with Crippen molar-refractivity contribution in [2.24, 2.45) is 0 Å². The summed E-state index contributed by atoms with van der Waals surface area (Å²) in [5.74, 6) is -0.223. The van der Waals surface area contributed by atoms with Crippen LogP contribution in [0, 0.1) is 11.3 Å². The molecule has 1 amide bonds. The number of rotatable bonds is 6. The lowest BCUT2D eigenvalue weighted by Crippen LogP contribution is -2.36. The molecule has 6 nitrogen and oxygen atoms in total. The summed E-state index contributed by atoms with van der Waals surface area (Å²) in [7, 11) is 1.46. The third-order valence-electron chi connectivity index (χ3n) is 4.73. The molecule has 2 aromatic rings. The monoisotopic (exact) mass is 410 g/mol. The van der Waals surface area contributed by atoms with E-state index < -0.39 is 5.97 Å².